The first kappa shape index (κ1) is 15.0. The second-order valence-electron chi connectivity index (χ2n) is 5.16. The molecule has 2 rings (SSSR count). The smallest absolute Gasteiger partial charge is 0.248 e. The summed E-state index contributed by atoms with van der Waals surface area (Å²) in [6.07, 6.45) is 3.89. The third-order valence-electron chi connectivity index (χ3n) is 3.66. The van der Waals surface area contributed by atoms with Crippen LogP contribution in [0.5, 0.6) is 0 Å². The van der Waals surface area contributed by atoms with Gasteiger partial charge in [-0.1, -0.05) is 18.9 Å². The second kappa shape index (κ2) is 5.93. The van der Waals surface area contributed by atoms with E-state index >= 15 is 0 Å². The van der Waals surface area contributed by atoms with Crippen molar-refractivity contribution in [1.29, 1.82) is 0 Å². The van der Waals surface area contributed by atoms with E-state index in [1.165, 1.54) is 10.4 Å². The van der Waals surface area contributed by atoms with Gasteiger partial charge in [-0.3, -0.25) is 4.79 Å². The van der Waals surface area contributed by atoms with E-state index in [1.54, 1.807) is 19.1 Å². The van der Waals surface area contributed by atoms with Crippen LogP contribution in [0.3, 0.4) is 0 Å². The zero-order valence-electron chi connectivity index (χ0n) is 11.6. The van der Waals surface area contributed by atoms with Gasteiger partial charge in [0.15, 0.2) is 0 Å². The summed E-state index contributed by atoms with van der Waals surface area (Å²) in [5.41, 5.74) is 6.10. The number of nitrogens with two attached hydrogens (primary N) is 1. The molecule has 1 aromatic rings. The van der Waals surface area contributed by atoms with Crippen LogP contribution in [0.2, 0.25) is 0 Å². The van der Waals surface area contributed by atoms with Gasteiger partial charge in [-0.15, -0.1) is 0 Å². The quantitative estimate of drug-likeness (QED) is 0.921. The van der Waals surface area contributed by atoms with Crippen molar-refractivity contribution >= 4 is 15.9 Å². The Hall–Kier alpha value is -1.40. The highest BCUT2D eigenvalue weighted by Crippen LogP contribution is 2.24. The summed E-state index contributed by atoms with van der Waals surface area (Å²) in [4.78, 5) is 11.4. The molecule has 2 N–H and O–H groups in total. The Balaban J connectivity index is 2.42. The van der Waals surface area contributed by atoms with Crippen molar-refractivity contribution in [3.8, 4) is 0 Å². The number of aryl methyl sites for hydroxylation is 1. The number of benzene rings is 1. The second-order valence-corrected chi connectivity index (χ2v) is 7.07. The summed E-state index contributed by atoms with van der Waals surface area (Å²) >= 11 is 0. The number of carbonyl (C=O) groups is 1. The van der Waals surface area contributed by atoms with Crippen molar-refractivity contribution in [2.45, 2.75) is 37.5 Å². The average molecular weight is 296 g/mol. The van der Waals surface area contributed by atoms with Gasteiger partial charge >= 0.3 is 0 Å². The van der Waals surface area contributed by atoms with Gasteiger partial charge in [0.1, 0.15) is 0 Å². The first-order valence-corrected chi connectivity index (χ1v) is 8.27. The van der Waals surface area contributed by atoms with E-state index in [0.29, 0.717) is 18.7 Å². The van der Waals surface area contributed by atoms with E-state index in [-0.39, 0.29) is 10.5 Å². The standard InChI is InChI=1S/C14H20N2O3S/c1-11-6-7-12(14(15)17)10-13(11)20(18,19)16-8-4-2-3-5-9-16/h6-7,10H,2-5,8-9H2,1H3,(H2,15,17). The van der Waals surface area contributed by atoms with Crippen molar-refractivity contribution in [2.24, 2.45) is 5.73 Å². The summed E-state index contributed by atoms with van der Waals surface area (Å²) in [6.45, 7) is 2.82. The lowest BCUT2D eigenvalue weighted by molar-refractivity contribution is 0.1000. The molecular formula is C14H20N2O3S. The fourth-order valence-corrected chi connectivity index (χ4v) is 4.22. The molecule has 0 atom stereocenters. The molecular weight excluding hydrogens is 276 g/mol. The van der Waals surface area contributed by atoms with Crippen LogP contribution >= 0.6 is 0 Å². The van der Waals surface area contributed by atoms with Crippen LogP contribution in [0, 0.1) is 6.92 Å². The maximum atomic E-state index is 12.7. The topological polar surface area (TPSA) is 80.5 Å². The van der Waals surface area contributed by atoms with Gasteiger partial charge in [0, 0.05) is 18.7 Å². The predicted octanol–water partition coefficient (Wildman–Crippen LogP) is 1.66. The van der Waals surface area contributed by atoms with Gasteiger partial charge in [-0.2, -0.15) is 4.31 Å². The average Bonchev–Trinajstić information content (AvgIpc) is 2.68. The number of hydrogen-bond acceptors (Lipinski definition) is 3. The number of amides is 1. The van der Waals surface area contributed by atoms with E-state index in [4.69, 9.17) is 5.73 Å². The van der Waals surface area contributed by atoms with E-state index in [0.717, 1.165) is 25.7 Å². The van der Waals surface area contributed by atoms with Gasteiger partial charge in [0.05, 0.1) is 4.90 Å². The van der Waals surface area contributed by atoms with Crippen molar-refractivity contribution in [1.82, 2.24) is 4.31 Å². The molecule has 0 aliphatic carbocycles. The maximum Gasteiger partial charge on any atom is 0.248 e. The molecule has 5 nitrogen and oxygen atoms in total. The van der Waals surface area contributed by atoms with Crippen molar-refractivity contribution in [3.63, 3.8) is 0 Å². The molecule has 1 fully saturated rings. The van der Waals surface area contributed by atoms with E-state index < -0.39 is 15.9 Å². The molecule has 20 heavy (non-hydrogen) atoms. The SMILES string of the molecule is Cc1ccc(C(N)=O)cc1S(=O)(=O)N1CCCCCC1. The van der Waals surface area contributed by atoms with Crippen LogP contribution in [0.4, 0.5) is 0 Å². The summed E-state index contributed by atoms with van der Waals surface area (Å²) in [5, 5.41) is 0. The summed E-state index contributed by atoms with van der Waals surface area (Å²) in [5.74, 6) is -0.614. The highest BCUT2D eigenvalue weighted by molar-refractivity contribution is 7.89. The molecule has 0 aromatic heterocycles. The molecule has 0 unspecified atom stereocenters. The zero-order chi connectivity index (χ0) is 14.8. The normalized spacial score (nSPS) is 17.6. The Morgan fingerprint density at radius 2 is 1.75 bits per heavy atom. The molecule has 1 aromatic carbocycles. The molecule has 0 bridgehead atoms. The van der Waals surface area contributed by atoms with Gasteiger partial charge in [0.25, 0.3) is 0 Å². The highest BCUT2D eigenvalue weighted by Gasteiger charge is 2.27. The van der Waals surface area contributed by atoms with E-state index in [1.807, 2.05) is 0 Å². The number of nitrogens with zero attached hydrogens (tertiary/aromatic N) is 1. The third-order valence-corrected chi connectivity index (χ3v) is 5.70. The van der Waals surface area contributed by atoms with Gasteiger partial charge in [-0.05, 0) is 37.5 Å². The van der Waals surface area contributed by atoms with Crippen LogP contribution in [0.15, 0.2) is 23.1 Å². The molecule has 1 amide bonds. The number of carbonyl (C=O) groups excluding carboxylic acids is 1. The van der Waals surface area contributed by atoms with Crippen LogP contribution in [0.25, 0.3) is 0 Å². The predicted molar refractivity (Wildman–Crippen MR) is 76.9 cm³/mol. The molecule has 110 valence electrons. The molecule has 1 aliphatic rings. The van der Waals surface area contributed by atoms with Crippen molar-refractivity contribution in [3.05, 3.63) is 29.3 Å². The van der Waals surface area contributed by atoms with Crippen molar-refractivity contribution in [2.75, 3.05) is 13.1 Å². The van der Waals surface area contributed by atoms with Gasteiger partial charge in [0.2, 0.25) is 15.9 Å². The third kappa shape index (κ3) is 3.02. The number of primary amides is 1. The summed E-state index contributed by atoms with van der Waals surface area (Å²) in [7, 11) is -3.55. The maximum absolute atomic E-state index is 12.7. The summed E-state index contributed by atoms with van der Waals surface area (Å²) in [6, 6.07) is 4.57. The minimum absolute atomic E-state index is 0.190. The van der Waals surface area contributed by atoms with Crippen molar-refractivity contribution < 1.29 is 13.2 Å². The Morgan fingerprint density at radius 1 is 1.15 bits per heavy atom. The first-order chi connectivity index (χ1) is 9.43. The van der Waals surface area contributed by atoms with Crippen LogP contribution < -0.4 is 5.73 Å². The number of hydrogen-bond donors (Lipinski definition) is 1. The molecule has 6 heteroatoms. The minimum Gasteiger partial charge on any atom is -0.366 e. The van der Waals surface area contributed by atoms with E-state index in [9.17, 15) is 13.2 Å². The molecule has 0 radical (unpaired) electrons. The van der Waals surface area contributed by atoms with Crippen LogP contribution in [-0.4, -0.2) is 31.7 Å². The Bertz CT molecular complexity index is 603. The first-order valence-electron chi connectivity index (χ1n) is 6.83. The number of rotatable bonds is 3. The van der Waals surface area contributed by atoms with Gasteiger partial charge < -0.3 is 5.73 Å². The lowest BCUT2D eigenvalue weighted by atomic mass is 10.1. The highest BCUT2D eigenvalue weighted by atomic mass is 32.2. The minimum atomic E-state index is -3.55. The Labute approximate surface area is 119 Å². The lowest BCUT2D eigenvalue weighted by Crippen LogP contribution is -2.32. The fraction of sp³-hybridized carbons (Fsp3) is 0.500. The zero-order valence-corrected chi connectivity index (χ0v) is 12.4. The number of sulfonamides is 1. The molecule has 0 spiro atoms. The van der Waals surface area contributed by atoms with E-state index in [2.05, 4.69) is 0 Å². The molecule has 0 saturated carbocycles. The Morgan fingerprint density at radius 3 is 2.30 bits per heavy atom. The molecule has 1 heterocycles. The van der Waals surface area contributed by atoms with Gasteiger partial charge in [-0.25, -0.2) is 8.42 Å². The monoisotopic (exact) mass is 296 g/mol. The van der Waals surface area contributed by atoms with Crippen LogP contribution in [0.1, 0.15) is 41.6 Å². The largest absolute Gasteiger partial charge is 0.366 e. The van der Waals surface area contributed by atoms with Crippen LogP contribution in [-0.2, 0) is 10.0 Å². The molecule has 1 aliphatic heterocycles. The molecule has 1 saturated heterocycles. The summed E-state index contributed by atoms with van der Waals surface area (Å²) < 4.78 is 26.9. The fourth-order valence-electron chi connectivity index (χ4n) is 2.45. The lowest BCUT2D eigenvalue weighted by Gasteiger charge is -2.21. The Kier molecular flexibility index (Phi) is 4.45.